The number of hydrogen-bond donors (Lipinski definition) is 0. The Bertz CT molecular complexity index is 429. The number of hydrogen-bond acceptors (Lipinski definition) is 3. The number of aldehydes is 1. The lowest BCUT2D eigenvalue weighted by atomic mass is 10.1. The molecule has 0 aliphatic rings. The van der Waals surface area contributed by atoms with Gasteiger partial charge in [0.15, 0.2) is 6.29 Å². The summed E-state index contributed by atoms with van der Waals surface area (Å²) in [6.07, 6.45) is -2.57. The highest BCUT2D eigenvalue weighted by Crippen LogP contribution is 2.26. The molecule has 6 heteroatoms. The standard InChI is InChI=1S/C9H5ClF2N2O/c10-2-7-8(9(11)12)5(4-15)1-6(3-13)14-7/h1,4,9H,2H2. The van der Waals surface area contributed by atoms with Gasteiger partial charge in [0.25, 0.3) is 6.43 Å². The molecule has 1 rings (SSSR count). The second-order valence-electron chi connectivity index (χ2n) is 2.62. The van der Waals surface area contributed by atoms with Crippen molar-refractivity contribution in [3.63, 3.8) is 0 Å². The molecule has 0 saturated carbocycles. The molecule has 1 heterocycles. The summed E-state index contributed by atoms with van der Waals surface area (Å²) in [4.78, 5) is 14.2. The Kier molecular flexibility index (Phi) is 3.69. The number of alkyl halides is 3. The number of carbonyl (C=O) groups is 1. The molecule has 0 aliphatic heterocycles. The van der Waals surface area contributed by atoms with Gasteiger partial charge in [-0.1, -0.05) is 0 Å². The van der Waals surface area contributed by atoms with Crippen molar-refractivity contribution in [2.75, 3.05) is 0 Å². The Morgan fingerprint density at radius 3 is 2.73 bits per heavy atom. The minimum atomic E-state index is -2.83. The van der Waals surface area contributed by atoms with Gasteiger partial charge >= 0.3 is 0 Å². The molecule has 0 atom stereocenters. The van der Waals surface area contributed by atoms with Gasteiger partial charge in [0.05, 0.1) is 17.1 Å². The first-order valence-electron chi connectivity index (χ1n) is 3.87. The quantitative estimate of drug-likeness (QED) is 0.592. The molecule has 78 valence electrons. The van der Waals surface area contributed by atoms with E-state index in [0.717, 1.165) is 6.07 Å². The minimum absolute atomic E-state index is 0.0999. The van der Waals surface area contributed by atoms with Crippen LogP contribution in [0.5, 0.6) is 0 Å². The van der Waals surface area contributed by atoms with Crippen molar-refractivity contribution in [3.05, 3.63) is 28.6 Å². The van der Waals surface area contributed by atoms with E-state index in [1.165, 1.54) is 0 Å². The topological polar surface area (TPSA) is 53.8 Å². The molecule has 0 aromatic carbocycles. The number of nitriles is 1. The summed E-state index contributed by atoms with van der Waals surface area (Å²) in [5.74, 6) is -0.268. The summed E-state index contributed by atoms with van der Waals surface area (Å²) in [6.45, 7) is 0. The maximum absolute atomic E-state index is 12.6. The van der Waals surface area contributed by atoms with Crippen molar-refractivity contribution in [3.8, 4) is 6.07 Å². The van der Waals surface area contributed by atoms with Gasteiger partial charge in [-0.2, -0.15) is 5.26 Å². The number of aromatic nitrogens is 1. The fourth-order valence-electron chi connectivity index (χ4n) is 1.14. The zero-order valence-corrected chi connectivity index (χ0v) is 8.13. The second kappa shape index (κ2) is 4.80. The Morgan fingerprint density at radius 2 is 2.33 bits per heavy atom. The van der Waals surface area contributed by atoms with Gasteiger partial charge in [0, 0.05) is 5.56 Å². The molecule has 0 spiro atoms. The molecule has 3 nitrogen and oxygen atoms in total. The number of halogens is 3. The Balaban J connectivity index is 3.47. The van der Waals surface area contributed by atoms with Gasteiger partial charge in [-0.25, -0.2) is 13.8 Å². The number of rotatable bonds is 3. The molecule has 0 saturated heterocycles. The van der Waals surface area contributed by atoms with Crippen LogP contribution in [0.4, 0.5) is 8.78 Å². The van der Waals surface area contributed by atoms with Crippen LogP contribution in [0.3, 0.4) is 0 Å². The molecular weight excluding hydrogens is 226 g/mol. The van der Waals surface area contributed by atoms with E-state index >= 15 is 0 Å². The van der Waals surface area contributed by atoms with Gasteiger partial charge in [0.2, 0.25) is 0 Å². The average molecular weight is 231 g/mol. The van der Waals surface area contributed by atoms with Crippen LogP contribution < -0.4 is 0 Å². The third kappa shape index (κ3) is 2.28. The van der Waals surface area contributed by atoms with Crippen molar-refractivity contribution in [2.24, 2.45) is 0 Å². The number of pyridine rings is 1. The average Bonchev–Trinajstić information content (AvgIpc) is 2.26. The van der Waals surface area contributed by atoms with E-state index in [4.69, 9.17) is 16.9 Å². The molecule has 0 bridgehead atoms. The molecular formula is C9H5ClF2N2O. The smallest absolute Gasteiger partial charge is 0.266 e. The number of nitrogens with zero attached hydrogens (tertiary/aromatic N) is 2. The third-order valence-corrected chi connectivity index (χ3v) is 2.01. The van der Waals surface area contributed by atoms with E-state index in [-0.39, 0.29) is 29.1 Å². The highest BCUT2D eigenvalue weighted by molar-refractivity contribution is 6.17. The van der Waals surface area contributed by atoms with E-state index < -0.39 is 12.0 Å². The van der Waals surface area contributed by atoms with Crippen LogP contribution in [0.25, 0.3) is 0 Å². The first kappa shape index (κ1) is 11.5. The molecule has 0 unspecified atom stereocenters. The van der Waals surface area contributed by atoms with E-state index in [1.807, 2.05) is 0 Å². The normalized spacial score (nSPS) is 10.1. The number of carbonyl (C=O) groups excluding carboxylic acids is 1. The van der Waals surface area contributed by atoms with Crippen LogP contribution in [0.2, 0.25) is 0 Å². The molecule has 0 aliphatic carbocycles. The Labute approximate surface area is 89.3 Å². The maximum atomic E-state index is 12.6. The fourth-order valence-corrected chi connectivity index (χ4v) is 1.34. The van der Waals surface area contributed by atoms with Crippen molar-refractivity contribution in [1.82, 2.24) is 4.98 Å². The molecule has 0 fully saturated rings. The lowest BCUT2D eigenvalue weighted by molar-refractivity contribution is 0.110. The van der Waals surface area contributed by atoms with Gasteiger partial charge < -0.3 is 0 Å². The molecule has 0 N–H and O–H groups in total. The zero-order chi connectivity index (χ0) is 11.4. The van der Waals surface area contributed by atoms with Gasteiger partial charge in [0.1, 0.15) is 11.8 Å². The van der Waals surface area contributed by atoms with E-state index in [2.05, 4.69) is 4.98 Å². The van der Waals surface area contributed by atoms with Crippen LogP contribution in [-0.2, 0) is 5.88 Å². The van der Waals surface area contributed by atoms with Crippen molar-refractivity contribution in [1.29, 1.82) is 5.26 Å². The van der Waals surface area contributed by atoms with Crippen LogP contribution >= 0.6 is 11.6 Å². The third-order valence-electron chi connectivity index (χ3n) is 1.76. The summed E-state index contributed by atoms with van der Waals surface area (Å²) in [6, 6.07) is 2.69. The van der Waals surface area contributed by atoms with E-state index in [0.29, 0.717) is 0 Å². The van der Waals surface area contributed by atoms with Crippen molar-refractivity contribution < 1.29 is 13.6 Å². The van der Waals surface area contributed by atoms with Gasteiger partial charge in [-0.15, -0.1) is 11.6 Å². The lowest BCUT2D eigenvalue weighted by Crippen LogP contribution is -2.04. The summed E-state index contributed by atoms with van der Waals surface area (Å²) >= 11 is 5.41. The predicted molar refractivity (Wildman–Crippen MR) is 48.9 cm³/mol. The molecule has 1 aromatic heterocycles. The minimum Gasteiger partial charge on any atom is -0.298 e. The highest BCUT2D eigenvalue weighted by atomic mass is 35.5. The molecule has 0 radical (unpaired) electrons. The summed E-state index contributed by atoms with van der Waals surface area (Å²) in [7, 11) is 0. The van der Waals surface area contributed by atoms with Gasteiger partial charge in [-0.05, 0) is 6.07 Å². The summed E-state index contributed by atoms with van der Waals surface area (Å²) in [5, 5.41) is 8.55. The SMILES string of the molecule is N#Cc1cc(C=O)c(C(F)F)c(CCl)n1. The van der Waals surface area contributed by atoms with Crippen LogP contribution in [0, 0.1) is 11.3 Å². The maximum Gasteiger partial charge on any atom is 0.266 e. The Hall–Kier alpha value is -1.54. The molecule has 0 amide bonds. The van der Waals surface area contributed by atoms with Crippen LogP contribution in [0.15, 0.2) is 6.07 Å². The predicted octanol–water partition coefficient (Wildman–Crippen LogP) is 2.44. The highest BCUT2D eigenvalue weighted by Gasteiger charge is 2.19. The van der Waals surface area contributed by atoms with Crippen molar-refractivity contribution >= 4 is 17.9 Å². The molecule has 15 heavy (non-hydrogen) atoms. The lowest BCUT2D eigenvalue weighted by Gasteiger charge is -2.08. The Morgan fingerprint density at radius 1 is 1.67 bits per heavy atom. The first-order valence-corrected chi connectivity index (χ1v) is 4.40. The fraction of sp³-hybridized carbons (Fsp3) is 0.222. The van der Waals surface area contributed by atoms with E-state index in [1.54, 1.807) is 6.07 Å². The van der Waals surface area contributed by atoms with Crippen LogP contribution in [-0.4, -0.2) is 11.3 Å². The van der Waals surface area contributed by atoms with Crippen molar-refractivity contribution in [2.45, 2.75) is 12.3 Å². The van der Waals surface area contributed by atoms with Gasteiger partial charge in [-0.3, -0.25) is 4.79 Å². The van der Waals surface area contributed by atoms with E-state index in [9.17, 15) is 13.6 Å². The first-order chi connectivity index (χ1) is 7.13. The second-order valence-corrected chi connectivity index (χ2v) is 2.89. The summed E-state index contributed by atoms with van der Waals surface area (Å²) in [5.41, 5.74) is -0.976. The summed E-state index contributed by atoms with van der Waals surface area (Å²) < 4.78 is 25.1. The van der Waals surface area contributed by atoms with Crippen LogP contribution in [0.1, 0.15) is 33.7 Å². The largest absolute Gasteiger partial charge is 0.298 e. The molecule has 1 aromatic rings. The zero-order valence-electron chi connectivity index (χ0n) is 7.38. The monoisotopic (exact) mass is 230 g/mol.